The number of carboxylic acid groups (broad SMARTS) is 1. The Labute approximate surface area is 142 Å². The molecule has 3 unspecified atom stereocenters. The van der Waals surface area contributed by atoms with Gasteiger partial charge in [-0.05, 0) is 44.9 Å². The summed E-state index contributed by atoms with van der Waals surface area (Å²) >= 11 is 0. The first-order valence-electron chi connectivity index (χ1n) is 7.87. The molecule has 0 bridgehead atoms. The molecule has 3 atom stereocenters. The fourth-order valence-corrected chi connectivity index (χ4v) is 3.60. The first-order chi connectivity index (χ1) is 10.5. The maximum Gasteiger partial charge on any atom is 0.307 e. The highest BCUT2D eigenvalue weighted by atomic mass is 35.5. The van der Waals surface area contributed by atoms with E-state index in [9.17, 15) is 9.59 Å². The molecule has 5 nitrogen and oxygen atoms in total. The zero-order valence-corrected chi connectivity index (χ0v) is 14.3. The minimum Gasteiger partial charge on any atom is -0.481 e. The van der Waals surface area contributed by atoms with Gasteiger partial charge in [0.25, 0.3) is 0 Å². The summed E-state index contributed by atoms with van der Waals surface area (Å²) < 4.78 is 0. The van der Waals surface area contributed by atoms with Crippen LogP contribution in [0.2, 0.25) is 0 Å². The maximum absolute atomic E-state index is 12.9. The Morgan fingerprint density at radius 1 is 1.30 bits per heavy atom. The Morgan fingerprint density at radius 3 is 2.65 bits per heavy atom. The molecule has 3 rings (SSSR count). The Kier molecular flexibility index (Phi) is 5.32. The van der Waals surface area contributed by atoms with Crippen LogP contribution in [0.5, 0.6) is 0 Å². The van der Waals surface area contributed by atoms with Gasteiger partial charge < -0.3 is 10.0 Å². The molecule has 1 fully saturated rings. The van der Waals surface area contributed by atoms with Crippen molar-refractivity contribution >= 4 is 30.0 Å². The lowest BCUT2D eigenvalue weighted by molar-refractivity contribution is -0.141. The van der Waals surface area contributed by atoms with Gasteiger partial charge in [-0.15, -0.1) is 12.4 Å². The minimum atomic E-state index is -0.762. The van der Waals surface area contributed by atoms with Gasteiger partial charge in [-0.25, -0.2) is 0 Å². The highest BCUT2D eigenvalue weighted by Crippen LogP contribution is 2.33. The number of carbonyl (C=O) groups excluding carboxylic acids is 1. The molecule has 126 valence electrons. The monoisotopic (exact) mass is 338 g/mol. The number of halogens is 1. The number of hydrogen-bond acceptors (Lipinski definition) is 3. The van der Waals surface area contributed by atoms with E-state index < -0.39 is 5.97 Å². The van der Waals surface area contributed by atoms with E-state index in [0.717, 1.165) is 12.1 Å². The fourth-order valence-electron chi connectivity index (χ4n) is 3.60. The van der Waals surface area contributed by atoms with Crippen LogP contribution in [0.3, 0.4) is 0 Å². The third-order valence-corrected chi connectivity index (χ3v) is 4.92. The lowest BCUT2D eigenvalue weighted by Crippen LogP contribution is -2.48. The second-order valence-electron chi connectivity index (χ2n) is 6.38. The van der Waals surface area contributed by atoms with E-state index in [-0.39, 0.29) is 36.3 Å². The number of rotatable bonds is 3. The van der Waals surface area contributed by atoms with Crippen molar-refractivity contribution in [3.05, 3.63) is 29.8 Å². The van der Waals surface area contributed by atoms with Crippen molar-refractivity contribution in [2.75, 3.05) is 18.0 Å². The van der Waals surface area contributed by atoms with Crippen LogP contribution in [0.4, 0.5) is 5.69 Å². The van der Waals surface area contributed by atoms with Crippen molar-refractivity contribution < 1.29 is 14.7 Å². The zero-order chi connectivity index (χ0) is 15.9. The average Bonchev–Trinajstić information content (AvgIpc) is 3.09. The van der Waals surface area contributed by atoms with Gasteiger partial charge in [-0.1, -0.05) is 18.2 Å². The number of benzene rings is 1. The summed E-state index contributed by atoms with van der Waals surface area (Å²) in [4.78, 5) is 27.9. The van der Waals surface area contributed by atoms with Gasteiger partial charge in [0.15, 0.2) is 0 Å². The molecule has 6 heteroatoms. The van der Waals surface area contributed by atoms with Gasteiger partial charge in [0.2, 0.25) is 5.91 Å². The first kappa shape index (κ1) is 17.8. The quantitative estimate of drug-likeness (QED) is 0.917. The van der Waals surface area contributed by atoms with E-state index in [2.05, 4.69) is 13.0 Å². The highest BCUT2D eigenvalue weighted by molar-refractivity contribution is 5.99. The molecule has 1 N–H and O–H groups in total. The van der Waals surface area contributed by atoms with Crippen molar-refractivity contribution in [2.45, 2.75) is 38.8 Å². The standard InChI is InChI=1S/C17H22N2O3.ClH/c1-11-9-13-5-3-4-6-15(13)19(11)16(20)12(2)18-8-7-14(10-18)17(21)22;/h3-6,11-12,14H,7-10H2,1-2H3,(H,21,22);1H. The zero-order valence-electron chi connectivity index (χ0n) is 13.4. The number of carboxylic acids is 1. The van der Waals surface area contributed by atoms with Gasteiger partial charge >= 0.3 is 5.97 Å². The molecule has 2 heterocycles. The summed E-state index contributed by atoms with van der Waals surface area (Å²) in [5.41, 5.74) is 2.21. The molecule has 2 aliphatic rings. The minimum absolute atomic E-state index is 0. The molecule has 0 aliphatic carbocycles. The lowest BCUT2D eigenvalue weighted by Gasteiger charge is -2.30. The van der Waals surface area contributed by atoms with Crippen LogP contribution in [0.25, 0.3) is 0 Å². The number of hydrogen-bond donors (Lipinski definition) is 1. The predicted molar refractivity (Wildman–Crippen MR) is 91.1 cm³/mol. The normalized spacial score (nSPS) is 24.9. The molecule has 1 aromatic rings. The molecule has 23 heavy (non-hydrogen) atoms. The van der Waals surface area contributed by atoms with Crippen molar-refractivity contribution in [3.63, 3.8) is 0 Å². The van der Waals surface area contributed by atoms with Gasteiger partial charge in [-0.2, -0.15) is 0 Å². The summed E-state index contributed by atoms with van der Waals surface area (Å²) in [6.07, 6.45) is 1.51. The predicted octanol–water partition coefficient (Wildman–Crippen LogP) is 2.18. The smallest absolute Gasteiger partial charge is 0.307 e. The molecule has 1 aromatic carbocycles. The van der Waals surface area contributed by atoms with Crippen LogP contribution in [-0.4, -0.2) is 47.1 Å². The van der Waals surface area contributed by atoms with Crippen LogP contribution in [0.15, 0.2) is 24.3 Å². The van der Waals surface area contributed by atoms with Crippen molar-refractivity contribution in [3.8, 4) is 0 Å². The molecule has 0 radical (unpaired) electrons. The number of fused-ring (bicyclic) bond motifs is 1. The lowest BCUT2D eigenvalue weighted by atomic mass is 10.1. The fraction of sp³-hybridized carbons (Fsp3) is 0.529. The van der Waals surface area contributed by atoms with Crippen LogP contribution in [0.1, 0.15) is 25.8 Å². The largest absolute Gasteiger partial charge is 0.481 e. The van der Waals surface area contributed by atoms with Gasteiger partial charge in [0.05, 0.1) is 12.0 Å². The summed E-state index contributed by atoms with van der Waals surface area (Å²) in [6, 6.07) is 7.90. The van der Waals surface area contributed by atoms with Crippen molar-refractivity contribution in [1.29, 1.82) is 0 Å². The number of likely N-dealkylation sites (tertiary alicyclic amines) is 1. The third-order valence-electron chi connectivity index (χ3n) is 4.92. The van der Waals surface area contributed by atoms with E-state index in [4.69, 9.17) is 5.11 Å². The van der Waals surface area contributed by atoms with Crippen molar-refractivity contribution in [1.82, 2.24) is 4.90 Å². The first-order valence-corrected chi connectivity index (χ1v) is 7.87. The van der Waals surface area contributed by atoms with Crippen LogP contribution in [0, 0.1) is 5.92 Å². The molecule has 1 amide bonds. The number of anilines is 1. The molecule has 2 aliphatic heterocycles. The van der Waals surface area contributed by atoms with Gasteiger partial charge in [0, 0.05) is 18.3 Å². The van der Waals surface area contributed by atoms with E-state index in [0.29, 0.717) is 19.5 Å². The summed E-state index contributed by atoms with van der Waals surface area (Å²) in [5, 5.41) is 9.11. The molecular weight excluding hydrogens is 316 g/mol. The number of para-hydroxylation sites is 1. The molecule has 1 saturated heterocycles. The van der Waals surface area contributed by atoms with Crippen molar-refractivity contribution in [2.24, 2.45) is 5.92 Å². The van der Waals surface area contributed by atoms with E-state index in [1.807, 2.05) is 34.9 Å². The van der Waals surface area contributed by atoms with Crippen LogP contribution in [-0.2, 0) is 16.0 Å². The van der Waals surface area contributed by atoms with Crippen LogP contribution >= 0.6 is 12.4 Å². The summed E-state index contributed by atoms with van der Waals surface area (Å²) in [5.74, 6) is -1.04. The average molecular weight is 339 g/mol. The van der Waals surface area contributed by atoms with Gasteiger partial charge in [-0.3, -0.25) is 14.5 Å². The molecule has 0 spiro atoms. The summed E-state index contributed by atoms with van der Waals surface area (Å²) in [6.45, 7) is 5.09. The van der Waals surface area contributed by atoms with E-state index >= 15 is 0 Å². The van der Waals surface area contributed by atoms with E-state index in [1.165, 1.54) is 5.56 Å². The SMILES string of the molecule is CC(C(=O)N1c2ccccc2CC1C)N1CCC(C(=O)O)C1.Cl. The topological polar surface area (TPSA) is 60.9 Å². The Hall–Kier alpha value is -1.59. The molecular formula is C17H23ClN2O3. The number of amides is 1. The number of carbonyl (C=O) groups is 2. The Bertz CT molecular complexity index is 607. The molecule has 0 saturated carbocycles. The Balaban J connectivity index is 0.00000192. The second-order valence-corrected chi connectivity index (χ2v) is 6.38. The number of nitrogens with zero attached hydrogens (tertiary/aromatic N) is 2. The van der Waals surface area contributed by atoms with Crippen LogP contribution < -0.4 is 4.90 Å². The Morgan fingerprint density at radius 2 is 2.00 bits per heavy atom. The molecule has 0 aromatic heterocycles. The summed E-state index contributed by atoms with van der Waals surface area (Å²) in [7, 11) is 0. The second kappa shape index (κ2) is 6.89. The third kappa shape index (κ3) is 3.21. The maximum atomic E-state index is 12.9. The van der Waals surface area contributed by atoms with Gasteiger partial charge in [0.1, 0.15) is 0 Å². The highest BCUT2D eigenvalue weighted by Gasteiger charge is 2.38. The number of aliphatic carboxylic acids is 1. The van der Waals surface area contributed by atoms with E-state index in [1.54, 1.807) is 0 Å².